The number of halogens is 1. The number of thioether (sulfide) groups is 1. The van der Waals surface area contributed by atoms with Crippen LogP contribution in [0.25, 0.3) is 0 Å². The number of amides is 2. The first-order valence-electron chi connectivity index (χ1n) is 13.6. The molecule has 0 aliphatic carbocycles. The van der Waals surface area contributed by atoms with Gasteiger partial charge in [-0.1, -0.05) is 108 Å². The zero-order valence-corrected chi connectivity index (χ0v) is 25.3. The second kappa shape index (κ2) is 15.0. The topological polar surface area (TPSA) is 99.1 Å². The van der Waals surface area contributed by atoms with Crippen LogP contribution in [0.1, 0.15) is 49.7 Å². The Bertz CT molecular complexity index is 1700. The lowest BCUT2D eigenvalue weighted by Crippen LogP contribution is -2.26. The lowest BCUT2D eigenvalue weighted by atomic mass is 9.86. The molecule has 0 bridgehead atoms. The quantitative estimate of drug-likeness (QED) is 0.134. The Morgan fingerprint density at radius 2 is 1.49 bits per heavy atom. The number of benzene rings is 4. The molecule has 0 saturated carbocycles. The molecule has 4 aromatic carbocycles. The summed E-state index contributed by atoms with van der Waals surface area (Å²) in [5.74, 6) is -1.82. The molecule has 4 rings (SSSR count). The number of aryl methyl sites for hydroxylation is 2. The number of ketones is 1. The van der Waals surface area contributed by atoms with Crippen molar-refractivity contribution in [3.05, 3.63) is 147 Å². The van der Waals surface area contributed by atoms with Gasteiger partial charge in [-0.2, -0.15) is 5.26 Å². The SMILES string of the molecule is Cc1ccc(NC(=O)CS/C(NC(=O)c2ccccc2)=C(\C#N)C(CC(=O)c2ccccc2)c2ccccc2Cl)c(C)c1. The highest BCUT2D eigenvalue weighted by Gasteiger charge is 2.28. The van der Waals surface area contributed by atoms with Gasteiger partial charge in [-0.15, -0.1) is 0 Å². The third-order valence-electron chi connectivity index (χ3n) is 6.75. The smallest absolute Gasteiger partial charge is 0.256 e. The van der Waals surface area contributed by atoms with Crippen LogP contribution >= 0.6 is 23.4 Å². The predicted octanol–water partition coefficient (Wildman–Crippen LogP) is 7.85. The van der Waals surface area contributed by atoms with Crippen molar-refractivity contribution in [2.75, 3.05) is 11.1 Å². The Hall–Kier alpha value is -4.64. The first kappa shape index (κ1) is 31.3. The van der Waals surface area contributed by atoms with Crippen molar-refractivity contribution in [1.82, 2.24) is 5.32 Å². The van der Waals surface area contributed by atoms with Gasteiger partial charge in [0.25, 0.3) is 5.91 Å². The van der Waals surface area contributed by atoms with Crippen LogP contribution in [0.2, 0.25) is 5.02 Å². The summed E-state index contributed by atoms with van der Waals surface area (Å²) >= 11 is 7.62. The second-order valence-corrected chi connectivity index (χ2v) is 11.3. The van der Waals surface area contributed by atoms with Crippen LogP contribution < -0.4 is 10.6 Å². The zero-order valence-electron chi connectivity index (χ0n) is 23.8. The molecule has 2 N–H and O–H groups in total. The number of nitrogens with zero attached hydrogens (tertiary/aromatic N) is 1. The standard InChI is InChI=1S/C35H30ClN3O3S/c1-23-17-18-31(24(2)19-23)38-33(41)22-43-35(39-34(42)26-13-7-4-8-14-26)29(21-37)28(27-15-9-10-16-30(27)36)20-32(40)25-11-5-3-6-12-25/h3-19,28H,20,22H2,1-2H3,(H,38,41)(H,39,42)/b35-29+. The van der Waals surface area contributed by atoms with Crippen LogP contribution in [0.5, 0.6) is 0 Å². The number of carbonyl (C=O) groups excluding carboxylic acids is 3. The summed E-state index contributed by atoms with van der Waals surface area (Å²) in [7, 11) is 0. The molecule has 43 heavy (non-hydrogen) atoms. The Labute approximate surface area is 260 Å². The zero-order chi connectivity index (χ0) is 30.8. The number of allylic oxidation sites excluding steroid dienone is 1. The molecule has 0 heterocycles. The maximum atomic E-state index is 13.4. The number of hydrogen-bond acceptors (Lipinski definition) is 5. The number of carbonyl (C=O) groups is 3. The fourth-order valence-electron chi connectivity index (χ4n) is 4.56. The molecule has 2 amide bonds. The van der Waals surface area contributed by atoms with Crippen molar-refractivity contribution >= 4 is 46.6 Å². The summed E-state index contributed by atoms with van der Waals surface area (Å²) in [5.41, 5.74) is 4.25. The first-order valence-corrected chi connectivity index (χ1v) is 15.0. The normalized spacial score (nSPS) is 12.0. The van der Waals surface area contributed by atoms with E-state index in [9.17, 15) is 19.6 Å². The van der Waals surface area contributed by atoms with Gasteiger partial charge < -0.3 is 10.6 Å². The molecular formula is C35H30ClN3O3S. The van der Waals surface area contributed by atoms with Crippen molar-refractivity contribution in [3.8, 4) is 6.07 Å². The number of hydrogen-bond donors (Lipinski definition) is 2. The molecule has 0 fully saturated rings. The fraction of sp³-hybridized carbons (Fsp3) is 0.143. The summed E-state index contributed by atoms with van der Waals surface area (Å²) in [4.78, 5) is 39.8. The van der Waals surface area contributed by atoms with Gasteiger partial charge in [-0.3, -0.25) is 14.4 Å². The van der Waals surface area contributed by atoms with Gasteiger partial charge in [-0.05, 0) is 49.2 Å². The molecule has 0 saturated heterocycles. The van der Waals surface area contributed by atoms with Gasteiger partial charge >= 0.3 is 0 Å². The van der Waals surface area contributed by atoms with E-state index in [2.05, 4.69) is 16.7 Å². The second-order valence-electron chi connectivity index (χ2n) is 9.90. The molecule has 0 aromatic heterocycles. The Morgan fingerprint density at radius 3 is 2.12 bits per heavy atom. The third kappa shape index (κ3) is 8.45. The Morgan fingerprint density at radius 1 is 0.860 bits per heavy atom. The van der Waals surface area contributed by atoms with E-state index in [1.54, 1.807) is 78.9 Å². The van der Waals surface area contributed by atoms with E-state index >= 15 is 0 Å². The van der Waals surface area contributed by atoms with Crippen LogP contribution in [0, 0.1) is 25.2 Å². The third-order valence-corrected chi connectivity index (χ3v) is 8.11. The highest BCUT2D eigenvalue weighted by Crippen LogP contribution is 2.37. The van der Waals surface area contributed by atoms with Gasteiger partial charge in [0, 0.05) is 34.2 Å². The van der Waals surface area contributed by atoms with E-state index < -0.39 is 11.8 Å². The van der Waals surface area contributed by atoms with E-state index in [-0.39, 0.29) is 34.5 Å². The lowest BCUT2D eigenvalue weighted by molar-refractivity contribution is -0.113. The van der Waals surface area contributed by atoms with Crippen molar-refractivity contribution < 1.29 is 14.4 Å². The maximum Gasteiger partial charge on any atom is 0.256 e. The van der Waals surface area contributed by atoms with Crippen LogP contribution in [0.3, 0.4) is 0 Å². The Balaban J connectivity index is 1.73. The summed E-state index contributed by atoms with van der Waals surface area (Å²) in [5, 5.41) is 16.8. The molecule has 6 nitrogen and oxygen atoms in total. The number of nitrogens with one attached hydrogen (secondary N) is 2. The molecule has 216 valence electrons. The van der Waals surface area contributed by atoms with Crippen molar-refractivity contribution in [1.29, 1.82) is 5.26 Å². The van der Waals surface area contributed by atoms with Crippen molar-refractivity contribution in [2.45, 2.75) is 26.2 Å². The minimum Gasteiger partial charge on any atom is -0.325 e. The van der Waals surface area contributed by atoms with E-state index in [1.165, 1.54) is 0 Å². The molecule has 0 radical (unpaired) electrons. The lowest BCUT2D eigenvalue weighted by Gasteiger charge is -2.21. The molecule has 4 aromatic rings. The summed E-state index contributed by atoms with van der Waals surface area (Å²) < 4.78 is 0. The number of rotatable bonds is 11. The summed E-state index contributed by atoms with van der Waals surface area (Å²) in [6, 6.07) is 32.3. The molecule has 1 atom stereocenters. The molecule has 0 aliphatic heterocycles. The summed E-state index contributed by atoms with van der Waals surface area (Å²) in [6.45, 7) is 3.88. The molecule has 8 heteroatoms. The van der Waals surface area contributed by atoms with Crippen molar-refractivity contribution in [3.63, 3.8) is 0 Å². The molecule has 0 spiro atoms. The molecule has 0 aliphatic rings. The maximum absolute atomic E-state index is 13.4. The van der Waals surface area contributed by atoms with E-state index in [4.69, 9.17) is 11.6 Å². The van der Waals surface area contributed by atoms with Crippen LogP contribution in [-0.4, -0.2) is 23.4 Å². The average molecular weight is 608 g/mol. The fourth-order valence-corrected chi connectivity index (χ4v) is 5.69. The highest BCUT2D eigenvalue weighted by molar-refractivity contribution is 8.03. The Kier molecular flexibility index (Phi) is 10.9. The van der Waals surface area contributed by atoms with Gasteiger partial charge in [0.1, 0.15) is 0 Å². The van der Waals surface area contributed by atoms with Gasteiger partial charge in [0.2, 0.25) is 5.91 Å². The van der Waals surface area contributed by atoms with Crippen LogP contribution in [0.4, 0.5) is 5.69 Å². The largest absolute Gasteiger partial charge is 0.325 e. The predicted molar refractivity (Wildman–Crippen MR) is 173 cm³/mol. The van der Waals surface area contributed by atoms with Crippen LogP contribution in [-0.2, 0) is 4.79 Å². The minimum absolute atomic E-state index is 0.0728. The van der Waals surface area contributed by atoms with Crippen LogP contribution in [0.15, 0.2) is 114 Å². The average Bonchev–Trinajstić information content (AvgIpc) is 3.02. The van der Waals surface area contributed by atoms with Crippen molar-refractivity contribution in [2.24, 2.45) is 0 Å². The number of Topliss-reactive ketones (excluding diaryl/α,β-unsaturated/α-hetero) is 1. The number of nitriles is 1. The first-order chi connectivity index (χ1) is 20.8. The summed E-state index contributed by atoms with van der Waals surface area (Å²) in [6.07, 6.45) is -0.0728. The minimum atomic E-state index is -0.785. The highest BCUT2D eigenvalue weighted by atomic mass is 35.5. The number of anilines is 1. The van der Waals surface area contributed by atoms with E-state index in [0.29, 0.717) is 27.4 Å². The molecular weight excluding hydrogens is 578 g/mol. The van der Waals surface area contributed by atoms with E-state index in [0.717, 1.165) is 22.9 Å². The molecule has 1 unspecified atom stereocenters. The van der Waals surface area contributed by atoms with Gasteiger partial charge in [0.05, 0.1) is 22.4 Å². The van der Waals surface area contributed by atoms with E-state index in [1.807, 2.05) is 38.1 Å². The monoisotopic (exact) mass is 607 g/mol. The van der Waals surface area contributed by atoms with Gasteiger partial charge in [0.15, 0.2) is 5.78 Å². The van der Waals surface area contributed by atoms with Gasteiger partial charge in [-0.25, -0.2) is 0 Å².